The Bertz CT molecular complexity index is 180. The van der Waals surface area contributed by atoms with Crippen molar-refractivity contribution < 1.29 is 14.0 Å². The van der Waals surface area contributed by atoms with Gasteiger partial charge in [0.1, 0.15) is 0 Å². The van der Waals surface area contributed by atoms with Crippen LogP contribution in [0.4, 0.5) is 0 Å². The maximum atomic E-state index is 10.7. The normalized spacial score (nSPS) is 12.6. The summed E-state index contributed by atoms with van der Waals surface area (Å²) in [5, 5.41) is 0. The van der Waals surface area contributed by atoms with E-state index in [4.69, 9.17) is 9.16 Å². The van der Waals surface area contributed by atoms with Gasteiger partial charge in [-0.1, -0.05) is 6.58 Å². The molecule has 0 aliphatic carbocycles. The van der Waals surface area contributed by atoms with E-state index in [0.717, 1.165) is 12.8 Å². The number of hydrogen-bond donors (Lipinski definition) is 0. The van der Waals surface area contributed by atoms with E-state index in [1.54, 1.807) is 0 Å². The minimum atomic E-state index is -0.930. The molecule has 14 heavy (non-hydrogen) atoms. The Balaban J connectivity index is 3.35. The Morgan fingerprint density at radius 2 is 2.21 bits per heavy atom. The highest BCUT2D eigenvalue weighted by Gasteiger charge is 2.05. The van der Waals surface area contributed by atoms with Crippen molar-refractivity contribution in [2.24, 2.45) is 0 Å². The van der Waals surface area contributed by atoms with Gasteiger partial charge in [0, 0.05) is 12.2 Å². The smallest absolute Gasteiger partial charge is 0.330 e. The molecule has 0 spiro atoms. The Labute approximate surface area is 87.8 Å². The molecule has 1 unspecified atom stereocenters. The summed E-state index contributed by atoms with van der Waals surface area (Å²) in [5.41, 5.74) is 0. The first-order valence-electron chi connectivity index (χ1n) is 5.01. The average molecular weight is 216 g/mol. The molecule has 0 radical (unpaired) electrons. The molecule has 0 aliphatic heterocycles. The summed E-state index contributed by atoms with van der Waals surface area (Å²) < 4.78 is 10.5. The van der Waals surface area contributed by atoms with Gasteiger partial charge in [0.2, 0.25) is 0 Å². The van der Waals surface area contributed by atoms with Gasteiger partial charge in [-0.05, 0) is 32.9 Å². The van der Waals surface area contributed by atoms with Gasteiger partial charge in [0.05, 0.1) is 6.61 Å². The summed E-state index contributed by atoms with van der Waals surface area (Å²) in [7, 11) is -0.930. The van der Waals surface area contributed by atoms with Crippen LogP contribution in [0.25, 0.3) is 0 Å². The molecule has 0 amide bonds. The molecule has 4 heteroatoms. The lowest BCUT2D eigenvalue weighted by Gasteiger charge is -2.15. The summed E-state index contributed by atoms with van der Waals surface area (Å²) in [6, 6.07) is 0. The first-order valence-corrected chi connectivity index (χ1v) is 7.79. The number of ether oxygens (including phenoxy) is 1. The van der Waals surface area contributed by atoms with E-state index in [1.807, 2.05) is 0 Å². The molecular formula is C10H20O3Si. The van der Waals surface area contributed by atoms with Crippen molar-refractivity contribution in [3.8, 4) is 0 Å². The zero-order chi connectivity index (χ0) is 11.0. The van der Waals surface area contributed by atoms with Crippen LogP contribution in [-0.2, 0) is 14.0 Å². The molecule has 0 aromatic heterocycles. The van der Waals surface area contributed by atoms with Gasteiger partial charge in [0.25, 0.3) is 0 Å². The molecule has 0 fully saturated rings. The fourth-order valence-electron chi connectivity index (χ4n) is 1.14. The third-order valence-electron chi connectivity index (χ3n) is 1.67. The molecule has 0 aliphatic rings. The second-order valence-corrected chi connectivity index (χ2v) is 5.88. The number of carbonyl (C=O) groups excluding carboxylic acids is 1. The topological polar surface area (TPSA) is 35.5 Å². The molecule has 0 saturated carbocycles. The van der Waals surface area contributed by atoms with Gasteiger partial charge in [0.15, 0.2) is 9.04 Å². The van der Waals surface area contributed by atoms with Crippen molar-refractivity contribution in [3.63, 3.8) is 0 Å². The van der Waals surface area contributed by atoms with E-state index < -0.39 is 9.04 Å². The summed E-state index contributed by atoms with van der Waals surface area (Å²) >= 11 is 0. The van der Waals surface area contributed by atoms with Crippen molar-refractivity contribution in [1.29, 1.82) is 0 Å². The van der Waals surface area contributed by atoms with Crippen molar-refractivity contribution in [2.75, 3.05) is 6.61 Å². The zero-order valence-electron chi connectivity index (χ0n) is 9.29. The van der Waals surface area contributed by atoms with E-state index in [0.29, 0.717) is 6.61 Å². The van der Waals surface area contributed by atoms with Crippen molar-refractivity contribution in [2.45, 2.75) is 39.0 Å². The molecule has 0 saturated heterocycles. The lowest BCUT2D eigenvalue weighted by atomic mass is 10.2. The Morgan fingerprint density at radius 3 is 2.71 bits per heavy atom. The van der Waals surface area contributed by atoms with E-state index in [9.17, 15) is 4.79 Å². The predicted molar refractivity (Wildman–Crippen MR) is 59.8 cm³/mol. The van der Waals surface area contributed by atoms with Crippen LogP contribution in [0, 0.1) is 0 Å². The molecule has 1 atom stereocenters. The van der Waals surface area contributed by atoms with Crippen LogP contribution in [0.2, 0.25) is 13.1 Å². The molecule has 0 aromatic carbocycles. The molecule has 0 bridgehead atoms. The van der Waals surface area contributed by atoms with Crippen molar-refractivity contribution in [3.05, 3.63) is 12.7 Å². The van der Waals surface area contributed by atoms with Gasteiger partial charge < -0.3 is 9.16 Å². The number of carbonyl (C=O) groups is 1. The largest absolute Gasteiger partial charge is 0.463 e. The molecule has 0 heterocycles. The second-order valence-electron chi connectivity index (χ2n) is 3.51. The fourth-order valence-corrected chi connectivity index (χ4v) is 2.20. The maximum absolute atomic E-state index is 10.7. The highest BCUT2D eigenvalue weighted by atomic mass is 28.3. The Kier molecular flexibility index (Phi) is 7.42. The highest BCUT2D eigenvalue weighted by Crippen LogP contribution is 2.03. The van der Waals surface area contributed by atoms with E-state index in [2.05, 4.69) is 26.6 Å². The fraction of sp³-hybridized carbons (Fsp3) is 0.700. The Hall–Kier alpha value is -0.613. The van der Waals surface area contributed by atoms with E-state index >= 15 is 0 Å². The van der Waals surface area contributed by atoms with Gasteiger partial charge in [-0.15, -0.1) is 0 Å². The maximum Gasteiger partial charge on any atom is 0.330 e. The molecule has 0 aromatic rings. The number of hydrogen-bond acceptors (Lipinski definition) is 3. The molecule has 3 nitrogen and oxygen atoms in total. The highest BCUT2D eigenvalue weighted by molar-refractivity contribution is 6.48. The van der Waals surface area contributed by atoms with Gasteiger partial charge in [-0.2, -0.15) is 0 Å². The summed E-state index contributed by atoms with van der Waals surface area (Å²) in [6.07, 6.45) is 3.25. The van der Waals surface area contributed by atoms with Crippen LogP contribution in [0.1, 0.15) is 19.8 Å². The quantitative estimate of drug-likeness (QED) is 0.282. The van der Waals surface area contributed by atoms with Crippen LogP contribution < -0.4 is 0 Å². The number of esters is 1. The predicted octanol–water partition coefficient (Wildman–Crippen LogP) is 1.88. The third kappa shape index (κ3) is 8.01. The van der Waals surface area contributed by atoms with Crippen LogP contribution in [0.3, 0.4) is 0 Å². The van der Waals surface area contributed by atoms with Gasteiger partial charge in [-0.25, -0.2) is 4.79 Å². The van der Waals surface area contributed by atoms with E-state index in [1.165, 1.54) is 6.08 Å². The molecule has 82 valence electrons. The van der Waals surface area contributed by atoms with Crippen LogP contribution >= 0.6 is 0 Å². The monoisotopic (exact) mass is 216 g/mol. The standard InChI is InChI=1S/C10H20O3Si/c1-5-10(11)12-8-6-7-9(2)13-14(3)4/h5,9,14H,1,6-8H2,2-4H3. The van der Waals surface area contributed by atoms with Crippen LogP contribution in [0.5, 0.6) is 0 Å². The van der Waals surface area contributed by atoms with Gasteiger partial charge in [-0.3, -0.25) is 0 Å². The summed E-state index contributed by atoms with van der Waals surface area (Å²) in [4.78, 5) is 10.7. The average Bonchev–Trinajstić information content (AvgIpc) is 2.10. The summed E-state index contributed by atoms with van der Waals surface area (Å²) in [6.45, 7) is 10.1. The third-order valence-corrected chi connectivity index (χ3v) is 2.68. The first kappa shape index (κ1) is 13.4. The minimum absolute atomic E-state index is 0.282. The zero-order valence-corrected chi connectivity index (χ0v) is 10.4. The van der Waals surface area contributed by atoms with Gasteiger partial charge >= 0.3 is 5.97 Å². The first-order chi connectivity index (χ1) is 6.56. The summed E-state index contributed by atoms with van der Waals surface area (Å²) in [5.74, 6) is -0.350. The SMILES string of the molecule is C=CC(=O)OCCCC(C)O[SiH](C)C. The van der Waals surface area contributed by atoms with Crippen molar-refractivity contribution >= 4 is 15.0 Å². The number of rotatable bonds is 7. The lowest BCUT2D eigenvalue weighted by Crippen LogP contribution is -2.18. The molecule has 0 N–H and O–H groups in total. The van der Waals surface area contributed by atoms with Crippen LogP contribution in [-0.4, -0.2) is 27.7 Å². The van der Waals surface area contributed by atoms with Crippen LogP contribution in [0.15, 0.2) is 12.7 Å². The molecule has 0 rings (SSSR count). The van der Waals surface area contributed by atoms with E-state index in [-0.39, 0.29) is 12.1 Å². The lowest BCUT2D eigenvalue weighted by molar-refractivity contribution is -0.137. The Morgan fingerprint density at radius 1 is 1.57 bits per heavy atom. The second kappa shape index (κ2) is 7.76. The molecular weight excluding hydrogens is 196 g/mol. The minimum Gasteiger partial charge on any atom is -0.463 e. The van der Waals surface area contributed by atoms with Crippen molar-refractivity contribution in [1.82, 2.24) is 0 Å².